The molecule has 7 atom stereocenters. The number of aliphatic hydroxyl groups is 2. The monoisotopic (exact) mass is 733 g/mol. The first kappa shape index (κ1) is 37.4. The number of esters is 2. The maximum Gasteiger partial charge on any atom is 0.334 e. The number of phenolic OH excluding ortho intramolecular Hbond substituents is 2. The van der Waals surface area contributed by atoms with E-state index in [1.807, 2.05) is 24.3 Å². The molecule has 0 aromatic heterocycles. The van der Waals surface area contributed by atoms with Gasteiger partial charge in [-0.05, 0) is 104 Å². The number of aryl methyl sites for hydroxylation is 1. The van der Waals surface area contributed by atoms with Crippen LogP contribution in [0.4, 0.5) is 0 Å². The third kappa shape index (κ3) is 7.95. The number of hydrogen-bond donors (Lipinski definition) is 5. The van der Waals surface area contributed by atoms with E-state index in [2.05, 4.69) is 23.2 Å². The minimum Gasteiger partial charge on any atom is -0.508 e. The van der Waals surface area contributed by atoms with E-state index in [0.29, 0.717) is 66.4 Å². The van der Waals surface area contributed by atoms with Gasteiger partial charge in [0.2, 0.25) is 0 Å². The average Bonchev–Trinajstić information content (AvgIpc) is 3.13. The fourth-order valence-electron chi connectivity index (χ4n) is 8.50. The highest BCUT2D eigenvalue weighted by molar-refractivity contribution is 5.89. The zero-order chi connectivity index (χ0) is 38.1. The number of carbonyl (C=O) groups excluding carboxylic acids is 3. The van der Waals surface area contributed by atoms with Crippen molar-refractivity contribution in [1.82, 2.24) is 5.32 Å². The Bertz CT molecular complexity index is 2060. The molecule has 3 aromatic rings. The molecule has 3 heterocycles. The SMILES string of the molecule is CNCC(O)c1cc(O)cc(C2C#CC3CC(=O)Oc4cc(O)c(cc43)CC3OC(=O)C(=CCCc4cccc(c4)CC4CC(CCC4=O)C3(C)O)C2)c1. The molecule has 8 bridgehead atoms. The van der Waals surface area contributed by atoms with Crippen molar-refractivity contribution in [3.05, 3.63) is 99.6 Å². The summed E-state index contributed by atoms with van der Waals surface area (Å²) in [7, 11) is 1.71. The van der Waals surface area contributed by atoms with Crippen molar-refractivity contribution >= 4 is 17.7 Å². The number of carbonyl (C=O) groups is 3. The van der Waals surface area contributed by atoms with Crippen molar-refractivity contribution in [1.29, 1.82) is 0 Å². The number of Topliss-reactive ketones (excluding diaryl/α,β-unsaturated/α-hetero) is 1. The van der Waals surface area contributed by atoms with E-state index in [0.717, 1.165) is 11.1 Å². The van der Waals surface area contributed by atoms with E-state index in [9.17, 15) is 34.8 Å². The molecule has 282 valence electrons. The number of hydrogen-bond acceptors (Lipinski definition) is 10. The van der Waals surface area contributed by atoms with Crippen LogP contribution in [-0.4, -0.2) is 63.4 Å². The zero-order valence-corrected chi connectivity index (χ0v) is 30.6. The first-order valence-electron chi connectivity index (χ1n) is 18.8. The average molecular weight is 734 g/mol. The first-order valence-corrected chi connectivity index (χ1v) is 18.8. The highest BCUT2D eigenvalue weighted by atomic mass is 16.6. The number of aromatic hydroxyl groups is 2. The summed E-state index contributed by atoms with van der Waals surface area (Å²) in [6.45, 7) is 1.89. The van der Waals surface area contributed by atoms with Gasteiger partial charge >= 0.3 is 11.9 Å². The maximum absolute atomic E-state index is 14.5. The van der Waals surface area contributed by atoms with Crippen molar-refractivity contribution in [3.63, 3.8) is 0 Å². The van der Waals surface area contributed by atoms with Gasteiger partial charge in [0.1, 0.15) is 34.7 Å². The Kier molecular flexibility index (Phi) is 10.7. The van der Waals surface area contributed by atoms with Crippen LogP contribution < -0.4 is 10.1 Å². The van der Waals surface area contributed by atoms with Crippen LogP contribution in [0.15, 0.2) is 66.2 Å². The number of ether oxygens (including phenoxy) is 2. The fourth-order valence-corrected chi connectivity index (χ4v) is 8.50. The molecule has 10 nitrogen and oxygen atoms in total. The van der Waals surface area contributed by atoms with Crippen LogP contribution in [0.25, 0.3) is 0 Å². The van der Waals surface area contributed by atoms with Gasteiger partial charge < -0.3 is 35.2 Å². The Balaban J connectivity index is 1.40. The molecular weight excluding hydrogens is 686 g/mol. The largest absolute Gasteiger partial charge is 0.508 e. The van der Waals surface area contributed by atoms with Gasteiger partial charge in [0, 0.05) is 48.4 Å². The van der Waals surface area contributed by atoms with Crippen LogP contribution in [0, 0.1) is 23.7 Å². The predicted octanol–water partition coefficient (Wildman–Crippen LogP) is 5.24. The quantitative estimate of drug-likeness (QED) is 0.136. The topological polar surface area (TPSA) is 163 Å². The second-order valence-electron chi connectivity index (χ2n) is 15.5. The molecule has 10 heteroatoms. The summed E-state index contributed by atoms with van der Waals surface area (Å²) in [4.78, 5) is 40.6. The lowest BCUT2D eigenvalue weighted by molar-refractivity contribution is -0.170. The molecule has 54 heavy (non-hydrogen) atoms. The summed E-state index contributed by atoms with van der Waals surface area (Å²) in [6, 6.07) is 16.0. The summed E-state index contributed by atoms with van der Waals surface area (Å²) < 4.78 is 11.9. The third-order valence-corrected chi connectivity index (χ3v) is 11.6. The van der Waals surface area contributed by atoms with Crippen LogP contribution in [0.5, 0.6) is 17.2 Å². The van der Waals surface area contributed by atoms with Gasteiger partial charge in [-0.15, -0.1) is 0 Å². The van der Waals surface area contributed by atoms with Crippen molar-refractivity contribution < 1.29 is 44.3 Å². The Hall–Kier alpha value is -4.95. The van der Waals surface area contributed by atoms with E-state index in [4.69, 9.17) is 9.47 Å². The lowest BCUT2D eigenvalue weighted by atomic mass is 9.68. The van der Waals surface area contributed by atoms with Gasteiger partial charge in [0.15, 0.2) is 0 Å². The van der Waals surface area contributed by atoms with Crippen molar-refractivity contribution in [2.24, 2.45) is 11.8 Å². The van der Waals surface area contributed by atoms with Crippen LogP contribution >= 0.6 is 0 Å². The van der Waals surface area contributed by atoms with Crippen molar-refractivity contribution in [3.8, 4) is 29.1 Å². The number of allylic oxidation sites excluding steroid dienone is 1. The number of ketones is 1. The Morgan fingerprint density at radius 2 is 1.74 bits per heavy atom. The van der Waals surface area contributed by atoms with Crippen LogP contribution in [0.2, 0.25) is 0 Å². The molecule has 0 amide bonds. The smallest absolute Gasteiger partial charge is 0.334 e. The van der Waals surface area contributed by atoms with Crippen LogP contribution in [0.1, 0.15) is 96.8 Å². The normalized spacial score (nSPS) is 27.6. The first-order chi connectivity index (χ1) is 25.9. The van der Waals surface area contributed by atoms with E-state index in [1.165, 1.54) is 12.1 Å². The summed E-state index contributed by atoms with van der Waals surface area (Å²) >= 11 is 0. The van der Waals surface area contributed by atoms with Crippen LogP contribution in [0.3, 0.4) is 0 Å². The molecule has 4 aliphatic rings. The molecule has 3 aromatic carbocycles. The van der Waals surface area contributed by atoms with E-state index >= 15 is 0 Å². The van der Waals surface area contributed by atoms with E-state index in [-0.39, 0.29) is 54.8 Å². The second kappa shape index (κ2) is 15.4. The lowest BCUT2D eigenvalue weighted by Crippen LogP contribution is -2.52. The molecular formula is C44H47NO9. The van der Waals surface area contributed by atoms with Gasteiger partial charge in [0.05, 0.1) is 18.4 Å². The molecule has 1 saturated carbocycles. The van der Waals surface area contributed by atoms with Gasteiger partial charge in [-0.1, -0.05) is 48.2 Å². The third-order valence-electron chi connectivity index (χ3n) is 11.6. The predicted molar refractivity (Wildman–Crippen MR) is 200 cm³/mol. The molecule has 0 saturated heterocycles. The standard InChI is InChI=1S/C44H47NO9/c1-44(52)34-11-12-37(47)31(17-34)14-26-7-3-5-25(13-26)6-4-8-29-15-27(30-16-32(19-35(46)18-30)39(49)24-45-2)9-10-28-22-42(50)53-40-23-38(48)33(20-36(28)40)21-41(44)54-43(29)51/h3,5,7-8,13,16,18-20,23,27-28,31,34,39,41,45-46,48-49,52H,4,6,11-12,14-15,17,21-22,24H2,1-2H3. The number of nitrogens with one attached hydrogen (secondary N) is 1. The molecule has 3 aliphatic heterocycles. The van der Waals surface area contributed by atoms with Gasteiger partial charge in [-0.3, -0.25) is 9.59 Å². The molecule has 5 N–H and O–H groups in total. The molecule has 1 aliphatic carbocycles. The minimum absolute atomic E-state index is 0.0427. The number of benzene rings is 3. The summed E-state index contributed by atoms with van der Waals surface area (Å²) in [5.74, 6) is 3.51. The number of likely N-dealkylation sites (N-methyl/N-ethyl adjacent to an activating group) is 1. The molecule has 7 rings (SSSR count). The Labute approximate surface area is 315 Å². The number of rotatable bonds is 4. The second-order valence-corrected chi connectivity index (χ2v) is 15.5. The molecule has 0 spiro atoms. The van der Waals surface area contributed by atoms with Gasteiger partial charge in [0.25, 0.3) is 0 Å². The van der Waals surface area contributed by atoms with Gasteiger partial charge in [-0.25, -0.2) is 4.79 Å². The minimum atomic E-state index is -1.60. The number of phenols is 2. The van der Waals surface area contributed by atoms with E-state index in [1.54, 1.807) is 32.2 Å². The highest BCUT2D eigenvalue weighted by Gasteiger charge is 2.46. The molecule has 7 unspecified atom stereocenters. The number of aliphatic hydroxyl groups excluding tert-OH is 1. The zero-order valence-electron chi connectivity index (χ0n) is 30.6. The maximum atomic E-state index is 14.5. The van der Waals surface area contributed by atoms with Crippen molar-refractivity contribution in [2.45, 2.75) is 94.4 Å². The molecule has 1 fully saturated rings. The Morgan fingerprint density at radius 1 is 0.944 bits per heavy atom. The fraction of sp³-hybridized carbons (Fsp3) is 0.432. The van der Waals surface area contributed by atoms with Crippen LogP contribution in [-0.2, 0) is 38.4 Å². The lowest BCUT2D eigenvalue weighted by Gasteiger charge is -2.42. The summed E-state index contributed by atoms with van der Waals surface area (Å²) in [6.07, 6.45) is 2.53. The van der Waals surface area contributed by atoms with Crippen molar-refractivity contribution in [2.75, 3.05) is 13.6 Å². The Morgan fingerprint density at radius 3 is 2.56 bits per heavy atom. The summed E-state index contributed by atoms with van der Waals surface area (Å²) in [5.41, 5.74) is 2.83. The summed E-state index contributed by atoms with van der Waals surface area (Å²) in [5, 5.41) is 48.4. The number of fused-ring (bicyclic) bond motifs is 8. The van der Waals surface area contributed by atoms with Gasteiger partial charge in [-0.2, -0.15) is 0 Å². The molecule has 0 radical (unpaired) electrons. The highest BCUT2D eigenvalue weighted by Crippen LogP contribution is 2.43. The van der Waals surface area contributed by atoms with E-state index < -0.39 is 47.5 Å².